The molecule has 4 aromatic rings. The maximum Gasteiger partial charge on any atom is 0.196 e. The summed E-state index contributed by atoms with van der Waals surface area (Å²) in [6, 6.07) is 24.4. The molecule has 5 rings (SSSR count). The summed E-state index contributed by atoms with van der Waals surface area (Å²) in [6.45, 7) is 1.82. The first-order valence-electron chi connectivity index (χ1n) is 10.4. The van der Waals surface area contributed by atoms with Crippen molar-refractivity contribution < 1.29 is 9.59 Å². The minimum absolute atomic E-state index is 0.162. The fourth-order valence-electron chi connectivity index (χ4n) is 4.13. The van der Waals surface area contributed by atoms with Crippen molar-refractivity contribution in [1.82, 2.24) is 4.98 Å². The topological polar surface area (TPSA) is 47.0 Å². The third-order valence-corrected chi connectivity index (χ3v) is 6.19. The molecule has 4 heteroatoms. The molecule has 0 saturated carbocycles. The standard InChI is InChI=1S/C28H18ClNO2/c1-17-22-16-20-9-5-6-10-24(20)30-26(22)28(32)25(27(17)31)21-14-13-19(15-23(21)29)12-11-18-7-3-2-4-8-18/h2-10,13-17,25H,1H3. The van der Waals surface area contributed by atoms with Crippen LogP contribution in [0.5, 0.6) is 0 Å². The zero-order valence-electron chi connectivity index (χ0n) is 17.3. The molecule has 0 spiro atoms. The SMILES string of the molecule is CC1C(=O)C(c2ccc(C#Cc3ccccc3)cc2Cl)C(=O)c2nc3ccccc3cc21. The van der Waals surface area contributed by atoms with Crippen molar-refractivity contribution in [3.05, 3.63) is 112 Å². The Bertz CT molecular complexity index is 1450. The van der Waals surface area contributed by atoms with Gasteiger partial charge in [-0.25, -0.2) is 4.98 Å². The predicted molar refractivity (Wildman–Crippen MR) is 126 cm³/mol. The number of hydrogen-bond donors (Lipinski definition) is 0. The Morgan fingerprint density at radius 3 is 2.31 bits per heavy atom. The van der Waals surface area contributed by atoms with Gasteiger partial charge in [0.05, 0.1) is 5.52 Å². The molecule has 1 aliphatic carbocycles. The zero-order chi connectivity index (χ0) is 22.2. The zero-order valence-corrected chi connectivity index (χ0v) is 18.1. The van der Waals surface area contributed by atoms with Crippen molar-refractivity contribution in [3.8, 4) is 11.8 Å². The van der Waals surface area contributed by atoms with Crippen LogP contribution in [0.4, 0.5) is 0 Å². The van der Waals surface area contributed by atoms with E-state index in [-0.39, 0.29) is 11.6 Å². The number of hydrogen-bond acceptors (Lipinski definition) is 3. The van der Waals surface area contributed by atoms with Gasteiger partial charge in [0, 0.05) is 27.5 Å². The lowest BCUT2D eigenvalue weighted by atomic mass is 9.74. The van der Waals surface area contributed by atoms with E-state index in [1.807, 2.05) is 67.6 Å². The molecule has 32 heavy (non-hydrogen) atoms. The van der Waals surface area contributed by atoms with E-state index in [9.17, 15) is 9.59 Å². The molecule has 1 aromatic heterocycles. The van der Waals surface area contributed by atoms with Crippen LogP contribution in [0.3, 0.4) is 0 Å². The highest BCUT2D eigenvalue weighted by Crippen LogP contribution is 2.39. The van der Waals surface area contributed by atoms with E-state index in [1.54, 1.807) is 18.2 Å². The molecule has 0 radical (unpaired) electrons. The van der Waals surface area contributed by atoms with Crippen molar-refractivity contribution in [2.75, 3.05) is 0 Å². The highest BCUT2D eigenvalue weighted by atomic mass is 35.5. The maximum absolute atomic E-state index is 13.4. The van der Waals surface area contributed by atoms with Crippen LogP contribution in [-0.2, 0) is 4.79 Å². The summed E-state index contributed by atoms with van der Waals surface area (Å²) < 4.78 is 0. The van der Waals surface area contributed by atoms with Crippen LogP contribution in [0, 0.1) is 11.8 Å². The Morgan fingerprint density at radius 2 is 1.53 bits per heavy atom. The molecular weight excluding hydrogens is 418 g/mol. The molecule has 154 valence electrons. The van der Waals surface area contributed by atoms with Crippen LogP contribution in [0.2, 0.25) is 5.02 Å². The van der Waals surface area contributed by atoms with E-state index in [0.29, 0.717) is 21.8 Å². The minimum atomic E-state index is -0.963. The Labute approximate surface area is 191 Å². The Morgan fingerprint density at radius 1 is 0.812 bits per heavy atom. The van der Waals surface area contributed by atoms with E-state index < -0.39 is 11.8 Å². The molecule has 0 bridgehead atoms. The number of halogens is 1. The van der Waals surface area contributed by atoms with Gasteiger partial charge in [0.15, 0.2) is 11.6 Å². The number of benzene rings is 3. The quantitative estimate of drug-likeness (QED) is 0.274. The molecule has 2 atom stereocenters. The second-order valence-electron chi connectivity index (χ2n) is 7.89. The van der Waals surface area contributed by atoms with Gasteiger partial charge in [0.25, 0.3) is 0 Å². The van der Waals surface area contributed by atoms with Gasteiger partial charge in [0.1, 0.15) is 11.6 Å². The first-order valence-corrected chi connectivity index (χ1v) is 10.7. The van der Waals surface area contributed by atoms with Crippen molar-refractivity contribution in [2.45, 2.75) is 18.8 Å². The number of nitrogens with zero attached hydrogens (tertiary/aromatic N) is 1. The van der Waals surface area contributed by atoms with Gasteiger partial charge in [-0.1, -0.05) is 72.8 Å². The lowest BCUT2D eigenvalue weighted by Gasteiger charge is -2.27. The summed E-state index contributed by atoms with van der Waals surface area (Å²) >= 11 is 6.55. The average Bonchev–Trinajstić information content (AvgIpc) is 2.82. The van der Waals surface area contributed by atoms with Gasteiger partial charge in [0.2, 0.25) is 0 Å². The fraction of sp³-hybridized carbons (Fsp3) is 0.107. The molecule has 0 amide bonds. The molecule has 0 saturated heterocycles. The van der Waals surface area contributed by atoms with E-state index in [4.69, 9.17) is 11.6 Å². The molecular formula is C28H18ClNO2. The lowest BCUT2D eigenvalue weighted by Crippen LogP contribution is -2.33. The number of pyridine rings is 1. The van der Waals surface area contributed by atoms with Crippen LogP contribution in [0.15, 0.2) is 78.9 Å². The van der Waals surface area contributed by atoms with E-state index >= 15 is 0 Å². The van der Waals surface area contributed by atoms with Crippen LogP contribution < -0.4 is 0 Å². The Kier molecular flexibility index (Phi) is 5.09. The predicted octanol–water partition coefficient (Wildman–Crippen LogP) is 5.94. The summed E-state index contributed by atoms with van der Waals surface area (Å²) in [5.74, 6) is 4.29. The largest absolute Gasteiger partial charge is 0.298 e. The number of ketones is 2. The second-order valence-corrected chi connectivity index (χ2v) is 8.30. The molecule has 0 fully saturated rings. The third kappa shape index (κ3) is 3.49. The van der Waals surface area contributed by atoms with Crippen LogP contribution >= 0.6 is 11.6 Å². The summed E-state index contributed by atoms with van der Waals surface area (Å²) in [5, 5.41) is 1.27. The number of aromatic nitrogens is 1. The summed E-state index contributed by atoms with van der Waals surface area (Å²) in [4.78, 5) is 31.2. The average molecular weight is 436 g/mol. The number of rotatable bonds is 1. The fourth-order valence-corrected chi connectivity index (χ4v) is 4.42. The van der Waals surface area contributed by atoms with Crippen LogP contribution in [0.1, 0.15) is 51.5 Å². The summed E-state index contributed by atoms with van der Waals surface area (Å²) in [6.07, 6.45) is 0. The molecule has 1 heterocycles. The van der Waals surface area contributed by atoms with Crippen LogP contribution in [0.25, 0.3) is 10.9 Å². The molecule has 1 aliphatic rings. The van der Waals surface area contributed by atoms with E-state index in [1.165, 1.54) is 0 Å². The number of carbonyl (C=O) groups excluding carboxylic acids is 2. The van der Waals surface area contributed by atoms with Gasteiger partial charge >= 0.3 is 0 Å². The van der Waals surface area contributed by atoms with Gasteiger partial charge in [-0.3, -0.25) is 9.59 Å². The third-order valence-electron chi connectivity index (χ3n) is 5.86. The van der Waals surface area contributed by atoms with Gasteiger partial charge in [-0.15, -0.1) is 0 Å². The number of carbonyl (C=O) groups is 2. The second kappa shape index (κ2) is 8.07. The Hall–Kier alpha value is -3.74. The van der Waals surface area contributed by atoms with Gasteiger partial charge < -0.3 is 0 Å². The van der Waals surface area contributed by atoms with Gasteiger partial charge in [-0.05, 0) is 47.5 Å². The summed E-state index contributed by atoms with van der Waals surface area (Å²) in [7, 11) is 0. The number of fused-ring (bicyclic) bond motifs is 2. The van der Waals surface area contributed by atoms with E-state index in [0.717, 1.165) is 22.0 Å². The van der Waals surface area contributed by atoms with E-state index in [2.05, 4.69) is 16.8 Å². The normalized spacial score (nSPS) is 17.6. The van der Waals surface area contributed by atoms with Crippen LogP contribution in [-0.4, -0.2) is 16.6 Å². The summed E-state index contributed by atoms with van der Waals surface area (Å²) in [5.41, 5.74) is 3.88. The Balaban J connectivity index is 1.54. The number of Topliss-reactive ketones (excluding diaryl/α,β-unsaturated/α-hetero) is 2. The first kappa shape index (κ1) is 20.2. The first-order chi connectivity index (χ1) is 15.5. The van der Waals surface area contributed by atoms with Crippen molar-refractivity contribution in [1.29, 1.82) is 0 Å². The maximum atomic E-state index is 13.4. The molecule has 3 nitrogen and oxygen atoms in total. The van der Waals surface area contributed by atoms with Crippen molar-refractivity contribution in [2.24, 2.45) is 0 Å². The monoisotopic (exact) mass is 435 g/mol. The van der Waals surface area contributed by atoms with Crippen molar-refractivity contribution >= 4 is 34.1 Å². The van der Waals surface area contributed by atoms with Gasteiger partial charge in [-0.2, -0.15) is 0 Å². The smallest absolute Gasteiger partial charge is 0.196 e. The molecule has 3 aromatic carbocycles. The number of para-hydroxylation sites is 1. The highest BCUT2D eigenvalue weighted by molar-refractivity contribution is 6.33. The lowest BCUT2D eigenvalue weighted by molar-refractivity contribution is -0.120. The molecule has 0 N–H and O–H groups in total. The molecule has 2 unspecified atom stereocenters. The molecule has 0 aliphatic heterocycles. The minimum Gasteiger partial charge on any atom is -0.298 e. The van der Waals surface area contributed by atoms with Crippen molar-refractivity contribution in [3.63, 3.8) is 0 Å². The highest BCUT2D eigenvalue weighted by Gasteiger charge is 2.41.